The molecular formula is C22H23ClN6O4. The van der Waals surface area contributed by atoms with E-state index in [1.54, 1.807) is 6.92 Å². The Morgan fingerprint density at radius 1 is 1.06 bits per heavy atom. The number of H-pyrrole nitrogens is 1. The van der Waals surface area contributed by atoms with E-state index in [1.165, 1.54) is 4.57 Å². The number of hydrogen-bond acceptors (Lipinski definition) is 8. The zero-order valence-electron chi connectivity index (χ0n) is 17.7. The minimum atomic E-state index is -2.27. The Kier molecular flexibility index (Phi) is 6.54. The Balaban J connectivity index is 1.69. The highest BCUT2D eigenvalue weighted by atomic mass is 35.5. The summed E-state index contributed by atoms with van der Waals surface area (Å²) in [5.74, 6) is -1.94. The Morgan fingerprint density at radius 3 is 2.36 bits per heavy atom. The van der Waals surface area contributed by atoms with Crippen LogP contribution < -0.4 is 0 Å². The molecule has 11 heteroatoms. The molecule has 0 atom stereocenters. The van der Waals surface area contributed by atoms with Crippen molar-refractivity contribution in [1.82, 2.24) is 30.2 Å². The van der Waals surface area contributed by atoms with Gasteiger partial charge in [0.15, 0.2) is 17.3 Å². The molecule has 0 unspecified atom stereocenters. The van der Waals surface area contributed by atoms with E-state index in [2.05, 4.69) is 25.6 Å². The van der Waals surface area contributed by atoms with Crippen molar-refractivity contribution in [3.63, 3.8) is 0 Å². The summed E-state index contributed by atoms with van der Waals surface area (Å²) in [7, 11) is 0. The minimum absolute atomic E-state index is 0.00705. The number of nitrogens with zero attached hydrogens (tertiary/aromatic N) is 5. The summed E-state index contributed by atoms with van der Waals surface area (Å²) in [5.41, 5.74) is 3.30. The molecule has 4 rings (SSSR count). The molecule has 2 aromatic heterocycles. The lowest BCUT2D eigenvalue weighted by molar-refractivity contribution is -0.183. The molecule has 0 spiro atoms. The average molecular weight is 471 g/mol. The number of aliphatic hydroxyl groups excluding tert-OH is 1. The highest BCUT2D eigenvalue weighted by Gasteiger charge is 2.34. The van der Waals surface area contributed by atoms with Crippen LogP contribution in [0.15, 0.2) is 48.5 Å². The van der Waals surface area contributed by atoms with Gasteiger partial charge in [-0.3, -0.25) is 0 Å². The molecule has 0 aliphatic rings. The molecule has 0 radical (unpaired) electrons. The molecule has 5 N–H and O–H groups in total. The number of aliphatic hydroxyl groups is 4. The lowest BCUT2D eigenvalue weighted by Gasteiger charge is -2.23. The van der Waals surface area contributed by atoms with Gasteiger partial charge in [-0.25, -0.2) is 4.98 Å². The molecule has 33 heavy (non-hydrogen) atoms. The van der Waals surface area contributed by atoms with Crippen molar-refractivity contribution < 1.29 is 20.4 Å². The van der Waals surface area contributed by atoms with Gasteiger partial charge in [0.2, 0.25) is 11.6 Å². The number of aromatic nitrogens is 6. The SMILES string of the molecule is CCCC(O)(O)c1nc(Cl)c(C(O)O)n1Cc1ccc(-c2ccccc2-c2nn[nH]n2)cc1. The number of nitrogens with one attached hydrogen (secondary N) is 1. The summed E-state index contributed by atoms with van der Waals surface area (Å²) < 4.78 is 1.32. The number of benzene rings is 2. The fraction of sp³-hybridized carbons (Fsp3) is 0.273. The van der Waals surface area contributed by atoms with E-state index in [-0.39, 0.29) is 29.6 Å². The summed E-state index contributed by atoms with van der Waals surface area (Å²) >= 11 is 6.10. The van der Waals surface area contributed by atoms with E-state index in [0.29, 0.717) is 12.2 Å². The van der Waals surface area contributed by atoms with Crippen molar-refractivity contribution in [2.45, 2.75) is 38.4 Å². The van der Waals surface area contributed by atoms with Crippen LogP contribution in [0.2, 0.25) is 5.15 Å². The maximum absolute atomic E-state index is 10.5. The first-order valence-corrected chi connectivity index (χ1v) is 10.7. The lowest BCUT2D eigenvalue weighted by Crippen LogP contribution is -2.30. The first-order chi connectivity index (χ1) is 15.8. The van der Waals surface area contributed by atoms with Crippen molar-refractivity contribution in [2.75, 3.05) is 0 Å². The number of hydrogen-bond donors (Lipinski definition) is 5. The molecule has 4 aromatic rings. The second-order valence-electron chi connectivity index (χ2n) is 7.62. The summed E-state index contributed by atoms with van der Waals surface area (Å²) in [6.07, 6.45) is -1.45. The largest absolute Gasteiger partial charge is 0.363 e. The van der Waals surface area contributed by atoms with Gasteiger partial charge in [0.1, 0.15) is 5.69 Å². The molecule has 172 valence electrons. The van der Waals surface area contributed by atoms with Gasteiger partial charge in [0.25, 0.3) is 0 Å². The standard InChI is InChI=1S/C22H23ClN6O4/c1-2-11-22(32,33)21-24-18(23)17(20(30)31)29(21)12-13-7-9-14(10-8-13)15-5-3-4-6-16(15)19-25-27-28-26-19/h3-10,20,30-33H,2,11-12H2,1H3,(H,25,26,27,28). The van der Waals surface area contributed by atoms with E-state index in [9.17, 15) is 20.4 Å². The van der Waals surface area contributed by atoms with Crippen molar-refractivity contribution >= 4 is 11.6 Å². The number of halogens is 1. The van der Waals surface area contributed by atoms with Crippen LogP contribution in [-0.2, 0) is 12.3 Å². The second kappa shape index (κ2) is 9.38. The molecule has 0 aliphatic carbocycles. The van der Waals surface area contributed by atoms with Crippen molar-refractivity contribution in [2.24, 2.45) is 0 Å². The topological polar surface area (TPSA) is 153 Å². The van der Waals surface area contributed by atoms with Crippen molar-refractivity contribution in [1.29, 1.82) is 0 Å². The fourth-order valence-electron chi connectivity index (χ4n) is 3.79. The Hall–Kier alpha value is -3.15. The third-order valence-corrected chi connectivity index (χ3v) is 5.56. The second-order valence-corrected chi connectivity index (χ2v) is 7.97. The maximum Gasteiger partial charge on any atom is 0.223 e. The van der Waals surface area contributed by atoms with Crippen LogP contribution >= 0.6 is 11.6 Å². The van der Waals surface area contributed by atoms with Crippen LogP contribution in [0, 0.1) is 0 Å². The fourth-order valence-corrected chi connectivity index (χ4v) is 4.07. The monoisotopic (exact) mass is 470 g/mol. The summed E-state index contributed by atoms with van der Waals surface area (Å²) in [6, 6.07) is 15.2. The number of tetrazole rings is 1. The van der Waals surface area contributed by atoms with Gasteiger partial charge in [-0.15, -0.1) is 10.2 Å². The van der Waals surface area contributed by atoms with Gasteiger partial charge in [-0.05, 0) is 21.9 Å². The molecule has 0 saturated carbocycles. The third kappa shape index (κ3) is 4.65. The van der Waals surface area contributed by atoms with Crippen molar-refractivity contribution in [3.8, 4) is 22.5 Å². The molecule has 0 fully saturated rings. The predicted octanol–water partition coefficient (Wildman–Crippen LogP) is 2.35. The normalized spacial score (nSPS) is 12.0. The summed E-state index contributed by atoms with van der Waals surface area (Å²) in [6.45, 7) is 1.89. The number of rotatable bonds is 8. The van der Waals surface area contributed by atoms with Gasteiger partial charge in [0, 0.05) is 18.5 Å². The summed E-state index contributed by atoms with van der Waals surface area (Å²) in [5, 5.41) is 54.6. The van der Waals surface area contributed by atoms with Gasteiger partial charge in [0.05, 0.1) is 0 Å². The number of aromatic amines is 1. The first kappa shape index (κ1) is 23.0. The lowest BCUT2D eigenvalue weighted by atomic mass is 9.98. The van der Waals surface area contributed by atoms with Crippen LogP contribution in [0.5, 0.6) is 0 Å². The Morgan fingerprint density at radius 2 is 1.76 bits per heavy atom. The molecule has 2 aromatic carbocycles. The van der Waals surface area contributed by atoms with Crippen LogP contribution in [0.3, 0.4) is 0 Å². The van der Waals surface area contributed by atoms with Crippen LogP contribution in [0.4, 0.5) is 0 Å². The van der Waals surface area contributed by atoms with E-state index >= 15 is 0 Å². The van der Waals surface area contributed by atoms with Gasteiger partial charge in [-0.2, -0.15) is 5.21 Å². The van der Waals surface area contributed by atoms with Crippen LogP contribution in [0.1, 0.15) is 43.1 Å². The van der Waals surface area contributed by atoms with Gasteiger partial charge in [-0.1, -0.05) is 73.5 Å². The maximum atomic E-state index is 10.5. The molecule has 0 saturated heterocycles. The molecule has 0 bridgehead atoms. The van der Waals surface area contributed by atoms with E-state index in [0.717, 1.165) is 22.3 Å². The predicted molar refractivity (Wildman–Crippen MR) is 120 cm³/mol. The molecule has 2 heterocycles. The van der Waals surface area contributed by atoms with E-state index < -0.39 is 12.1 Å². The molecular weight excluding hydrogens is 448 g/mol. The van der Waals surface area contributed by atoms with E-state index in [4.69, 9.17) is 11.6 Å². The van der Waals surface area contributed by atoms with Gasteiger partial charge < -0.3 is 25.0 Å². The summed E-state index contributed by atoms with van der Waals surface area (Å²) in [4.78, 5) is 4.01. The van der Waals surface area contributed by atoms with Crippen molar-refractivity contribution in [3.05, 3.63) is 70.8 Å². The van der Waals surface area contributed by atoms with Crippen LogP contribution in [-0.4, -0.2) is 50.6 Å². The van der Waals surface area contributed by atoms with Crippen LogP contribution in [0.25, 0.3) is 22.5 Å². The quantitative estimate of drug-likeness (QED) is 0.246. The zero-order chi connectivity index (χ0) is 23.6. The highest BCUT2D eigenvalue weighted by Crippen LogP contribution is 2.32. The zero-order valence-corrected chi connectivity index (χ0v) is 18.5. The number of imidazole rings is 1. The Bertz CT molecular complexity index is 1220. The Labute approximate surface area is 194 Å². The highest BCUT2D eigenvalue weighted by molar-refractivity contribution is 6.30. The first-order valence-electron chi connectivity index (χ1n) is 10.3. The minimum Gasteiger partial charge on any atom is -0.363 e. The molecule has 10 nitrogen and oxygen atoms in total. The van der Waals surface area contributed by atoms with E-state index in [1.807, 2.05) is 48.5 Å². The third-order valence-electron chi connectivity index (χ3n) is 5.28. The average Bonchev–Trinajstić information content (AvgIpc) is 3.43. The smallest absolute Gasteiger partial charge is 0.223 e. The molecule has 0 aliphatic heterocycles. The van der Waals surface area contributed by atoms with Gasteiger partial charge >= 0.3 is 0 Å². The molecule has 0 amide bonds.